The Bertz CT molecular complexity index is 955. The molecule has 0 atom stereocenters. The lowest BCUT2D eigenvalue weighted by Gasteiger charge is -2.39. The average molecular weight is 365 g/mol. The second-order valence-corrected chi connectivity index (χ2v) is 7.58. The number of piperidine rings is 1. The lowest BCUT2D eigenvalue weighted by atomic mass is 9.84. The van der Waals surface area contributed by atoms with E-state index in [9.17, 15) is 5.11 Å². The van der Waals surface area contributed by atoms with Crippen molar-refractivity contribution in [2.75, 3.05) is 20.2 Å². The van der Waals surface area contributed by atoms with Gasteiger partial charge in [-0.1, -0.05) is 18.2 Å². The Balaban J connectivity index is 1.51. The molecule has 1 aliphatic heterocycles. The molecule has 3 heterocycles. The molecule has 0 unspecified atom stereocenters. The molecule has 0 saturated carbocycles. The van der Waals surface area contributed by atoms with Crippen molar-refractivity contribution in [1.82, 2.24) is 14.3 Å². The zero-order valence-electron chi connectivity index (χ0n) is 16.3. The van der Waals surface area contributed by atoms with Crippen LogP contribution in [0.25, 0.3) is 5.65 Å². The van der Waals surface area contributed by atoms with Gasteiger partial charge in [-0.3, -0.25) is 4.90 Å². The Hall–Kier alpha value is -2.37. The quantitative estimate of drug-likeness (QED) is 0.769. The molecular weight excluding hydrogens is 338 g/mol. The maximum Gasteiger partial charge on any atom is 0.137 e. The fourth-order valence-electron chi connectivity index (χ4n) is 4.10. The first-order valence-corrected chi connectivity index (χ1v) is 9.52. The molecule has 27 heavy (non-hydrogen) atoms. The normalized spacial score (nSPS) is 17.3. The van der Waals surface area contributed by atoms with E-state index < -0.39 is 5.60 Å². The van der Waals surface area contributed by atoms with Crippen molar-refractivity contribution in [2.45, 2.75) is 38.8 Å². The van der Waals surface area contributed by atoms with Gasteiger partial charge in [0, 0.05) is 31.4 Å². The first-order valence-electron chi connectivity index (χ1n) is 9.52. The molecule has 5 heteroatoms. The highest BCUT2D eigenvalue weighted by Gasteiger charge is 2.36. The number of para-hydroxylation sites is 1. The third-order valence-electron chi connectivity index (χ3n) is 5.75. The minimum atomic E-state index is -0.825. The van der Waals surface area contributed by atoms with Crippen LogP contribution in [0.2, 0.25) is 0 Å². The molecule has 1 saturated heterocycles. The maximum atomic E-state index is 11.2. The molecule has 3 aromatic rings. The Labute approximate surface area is 160 Å². The number of nitrogens with zero attached hydrogens (tertiary/aromatic N) is 3. The number of hydrogen-bond acceptors (Lipinski definition) is 4. The van der Waals surface area contributed by atoms with Crippen LogP contribution in [0.1, 0.15) is 35.4 Å². The summed E-state index contributed by atoms with van der Waals surface area (Å²) in [6, 6.07) is 12.0. The highest BCUT2D eigenvalue weighted by Crippen LogP contribution is 2.38. The topological polar surface area (TPSA) is 50.0 Å². The van der Waals surface area contributed by atoms with E-state index in [1.165, 1.54) is 11.3 Å². The summed E-state index contributed by atoms with van der Waals surface area (Å²) >= 11 is 0. The van der Waals surface area contributed by atoms with Gasteiger partial charge in [0.25, 0.3) is 0 Å². The van der Waals surface area contributed by atoms with E-state index in [1.807, 2.05) is 24.3 Å². The number of likely N-dealkylation sites (tertiary alicyclic amines) is 1. The van der Waals surface area contributed by atoms with Crippen LogP contribution < -0.4 is 4.74 Å². The van der Waals surface area contributed by atoms with Gasteiger partial charge in [-0.05, 0) is 50.5 Å². The van der Waals surface area contributed by atoms with Crippen molar-refractivity contribution in [1.29, 1.82) is 0 Å². The number of rotatable bonds is 4. The number of imidazole rings is 1. The number of methoxy groups -OCH3 is 1. The third-order valence-corrected chi connectivity index (χ3v) is 5.75. The molecule has 1 fully saturated rings. The number of hydrogen-bond donors (Lipinski definition) is 1. The lowest BCUT2D eigenvalue weighted by Crippen LogP contribution is -2.42. The standard InChI is InChI=1S/C22H27N3O2/c1-16-8-11-25-19(17(2)23-21(25)14-16)15-24-12-9-22(26,10-13-24)18-6-4-5-7-20(18)27-3/h4-8,11,14,26H,9-10,12-13,15H2,1-3H3. The van der Waals surface area contributed by atoms with E-state index in [1.54, 1.807) is 7.11 Å². The summed E-state index contributed by atoms with van der Waals surface area (Å²) in [5, 5.41) is 11.2. The van der Waals surface area contributed by atoms with Crippen molar-refractivity contribution >= 4 is 5.65 Å². The fourth-order valence-corrected chi connectivity index (χ4v) is 4.10. The van der Waals surface area contributed by atoms with Crippen LogP contribution in [0.15, 0.2) is 42.6 Å². The number of aryl methyl sites for hydroxylation is 2. The molecule has 0 radical (unpaired) electrons. The van der Waals surface area contributed by atoms with Crippen molar-refractivity contribution in [3.8, 4) is 5.75 Å². The predicted octanol–water partition coefficient (Wildman–Crippen LogP) is 3.44. The number of fused-ring (bicyclic) bond motifs is 1. The number of aliphatic hydroxyl groups is 1. The summed E-state index contributed by atoms with van der Waals surface area (Å²) in [7, 11) is 1.66. The first kappa shape index (κ1) is 18.0. The minimum absolute atomic E-state index is 0.697. The minimum Gasteiger partial charge on any atom is -0.496 e. The number of pyridine rings is 1. The first-order chi connectivity index (χ1) is 13.0. The predicted molar refractivity (Wildman–Crippen MR) is 106 cm³/mol. The number of ether oxygens (including phenoxy) is 1. The van der Waals surface area contributed by atoms with E-state index in [-0.39, 0.29) is 0 Å². The van der Waals surface area contributed by atoms with Crippen LogP contribution in [-0.4, -0.2) is 39.6 Å². The van der Waals surface area contributed by atoms with E-state index in [2.05, 4.69) is 41.5 Å². The zero-order chi connectivity index (χ0) is 19.0. The van der Waals surface area contributed by atoms with Crippen LogP contribution in [0.5, 0.6) is 5.75 Å². The Morgan fingerprint density at radius 3 is 2.63 bits per heavy atom. The van der Waals surface area contributed by atoms with Gasteiger partial charge in [0.15, 0.2) is 0 Å². The highest BCUT2D eigenvalue weighted by molar-refractivity contribution is 5.45. The van der Waals surface area contributed by atoms with Gasteiger partial charge in [0.05, 0.1) is 24.1 Å². The number of aromatic nitrogens is 2. The van der Waals surface area contributed by atoms with Gasteiger partial charge >= 0.3 is 0 Å². The third kappa shape index (κ3) is 3.33. The average Bonchev–Trinajstić information content (AvgIpc) is 2.98. The van der Waals surface area contributed by atoms with Gasteiger partial charge in [-0.25, -0.2) is 4.98 Å². The van der Waals surface area contributed by atoms with E-state index >= 15 is 0 Å². The summed E-state index contributed by atoms with van der Waals surface area (Å²) in [4.78, 5) is 7.11. The summed E-state index contributed by atoms with van der Waals surface area (Å²) in [5.74, 6) is 0.765. The van der Waals surface area contributed by atoms with Crippen LogP contribution >= 0.6 is 0 Å². The molecule has 0 spiro atoms. The second kappa shape index (κ2) is 6.98. The Kier molecular flexibility index (Phi) is 4.66. The lowest BCUT2D eigenvalue weighted by molar-refractivity contribution is -0.0295. The molecule has 1 N–H and O–H groups in total. The summed E-state index contributed by atoms with van der Waals surface area (Å²) < 4.78 is 7.65. The van der Waals surface area contributed by atoms with Crippen molar-refractivity contribution < 1.29 is 9.84 Å². The highest BCUT2D eigenvalue weighted by atomic mass is 16.5. The molecule has 0 amide bonds. The van der Waals surface area contributed by atoms with Crippen LogP contribution in [0, 0.1) is 13.8 Å². The molecule has 1 aliphatic rings. The summed E-state index contributed by atoms with van der Waals surface area (Å²) in [6.07, 6.45) is 3.50. The van der Waals surface area contributed by atoms with E-state index in [0.29, 0.717) is 12.8 Å². The smallest absolute Gasteiger partial charge is 0.137 e. The molecule has 4 rings (SSSR count). The van der Waals surface area contributed by atoms with Gasteiger partial charge < -0.3 is 14.2 Å². The van der Waals surface area contributed by atoms with Crippen LogP contribution in [0.3, 0.4) is 0 Å². The molecular formula is C22H27N3O2. The summed E-state index contributed by atoms with van der Waals surface area (Å²) in [5.41, 5.74) is 4.60. The Morgan fingerprint density at radius 1 is 1.15 bits per heavy atom. The largest absolute Gasteiger partial charge is 0.496 e. The van der Waals surface area contributed by atoms with Gasteiger partial charge in [-0.15, -0.1) is 0 Å². The Morgan fingerprint density at radius 2 is 1.89 bits per heavy atom. The fraction of sp³-hybridized carbons (Fsp3) is 0.409. The maximum absolute atomic E-state index is 11.2. The molecule has 1 aromatic carbocycles. The van der Waals surface area contributed by atoms with Crippen molar-refractivity contribution in [2.24, 2.45) is 0 Å². The molecule has 5 nitrogen and oxygen atoms in total. The molecule has 0 aliphatic carbocycles. The van der Waals surface area contributed by atoms with Gasteiger partial charge in [-0.2, -0.15) is 0 Å². The number of benzene rings is 1. The van der Waals surface area contributed by atoms with Crippen LogP contribution in [-0.2, 0) is 12.1 Å². The van der Waals surface area contributed by atoms with Gasteiger partial charge in [0.2, 0.25) is 0 Å². The molecule has 2 aromatic heterocycles. The molecule has 0 bridgehead atoms. The monoisotopic (exact) mass is 365 g/mol. The van der Waals surface area contributed by atoms with Crippen molar-refractivity contribution in [3.05, 3.63) is 65.1 Å². The van der Waals surface area contributed by atoms with E-state index in [0.717, 1.165) is 42.3 Å². The second-order valence-electron chi connectivity index (χ2n) is 7.58. The van der Waals surface area contributed by atoms with Crippen molar-refractivity contribution in [3.63, 3.8) is 0 Å². The van der Waals surface area contributed by atoms with Gasteiger partial charge in [0.1, 0.15) is 11.4 Å². The molecule has 142 valence electrons. The van der Waals surface area contributed by atoms with Crippen LogP contribution in [0.4, 0.5) is 0 Å². The van der Waals surface area contributed by atoms with E-state index in [4.69, 9.17) is 9.72 Å². The SMILES string of the molecule is COc1ccccc1C1(O)CCN(Cc2c(C)nc3cc(C)ccn23)CC1. The summed E-state index contributed by atoms with van der Waals surface area (Å²) in [6.45, 7) is 6.69. The zero-order valence-corrected chi connectivity index (χ0v) is 16.3.